The maximum atomic E-state index is 12.1. The molecule has 0 aromatic heterocycles. The van der Waals surface area contributed by atoms with Crippen LogP contribution >= 0.6 is 0 Å². The van der Waals surface area contributed by atoms with E-state index in [-0.39, 0.29) is 11.5 Å². The second-order valence-corrected chi connectivity index (χ2v) is 5.14. The van der Waals surface area contributed by atoms with Crippen LogP contribution < -0.4 is 10.1 Å². The molecule has 0 aliphatic rings. The third kappa shape index (κ3) is 4.46. The Kier molecular flexibility index (Phi) is 5.73. The first-order chi connectivity index (χ1) is 11.5. The molecule has 5 nitrogen and oxygen atoms in total. The van der Waals surface area contributed by atoms with Crippen LogP contribution in [0.1, 0.15) is 21.5 Å². The van der Waals surface area contributed by atoms with Crippen molar-refractivity contribution in [3.8, 4) is 5.75 Å². The molecule has 5 heteroatoms. The van der Waals surface area contributed by atoms with Gasteiger partial charge in [0.25, 0.3) is 0 Å². The largest absolute Gasteiger partial charge is 0.497 e. The molecule has 0 heterocycles. The minimum atomic E-state index is -0.549. The summed E-state index contributed by atoms with van der Waals surface area (Å²) in [5, 5.41) is 2.68. The number of methoxy groups -OCH3 is 2. The summed E-state index contributed by atoms with van der Waals surface area (Å²) in [6.45, 7) is 2.00. The van der Waals surface area contributed by atoms with E-state index in [2.05, 4.69) is 5.32 Å². The van der Waals surface area contributed by atoms with Gasteiger partial charge in [0.05, 0.1) is 25.5 Å². The quantitative estimate of drug-likeness (QED) is 0.675. The van der Waals surface area contributed by atoms with Gasteiger partial charge >= 0.3 is 5.97 Å². The molecule has 0 saturated heterocycles. The van der Waals surface area contributed by atoms with Gasteiger partial charge in [-0.05, 0) is 36.8 Å². The smallest absolute Gasteiger partial charge is 0.340 e. The number of anilines is 1. The monoisotopic (exact) mass is 325 g/mol. The van der Waals surface area contributed by atoms with Gasteiger partial charge in [0, 0.05) is 6.08 Å². The van der Waals surface area contributed by atoms with Crippen molar-refractivity contribution >= 4 is 23.6 Å². The Morgan fingerprint density at radius 2 is 1.75 bits per heavy atom. The summed E-state index contributed by atoms with van der Waals surface area (Å²) in [6, 6.07) is 12.6. The lowest BCUT2D eigenvalue weighted by molar-refractivity contribution is -0.111. The number of hydrogen-bond acceptors (Lipinski definition) is 4. The zero-order valence-electron chi connectivity index (χ0n) is 13.8. The van der Waals surface area contributed by atoms with Gasteiger partial charge in [-0.3, -0.25) is 4.79 Å². The molecule has 0 atom stereocenters. The van der Waals surface area contributed by atoms with Crippen LogP contribution in [0.3, 0.4) is 0 Å². The molecule has 0 spiro atoms. The molecule has 0 unspecified atom stereocenters. The number of carbonyl (C=O) groups excluding carboxylic acids is 2. The lowest BCUT2D eigenvalue weighted by Gasteiger charge is -2.10. The predicted octanol–water partition coefficient (Wildman–Crippen LogP) is 3.44. The van der Waals surface area contributed by atoms with E-state index in [9.17, 15) is 9.59 Å². The first-order valence-corrected chi connectivity index (χ1v) is 7.35. The molecule has 2 rings (SSSR count). The van der Waals surface area contributed by atoms with Crippen LogP contribution in [0.5, 0.6) is 5.75 Å². The minimum absolute atomic E-state index is 0.230. The summed E-state index contributed by atoms with van der Waals surface area (Å²) in [7, 11) is 2.78. The predicted molar refractivity (Wildman–Crippen MR) is 93.2 cm³/mol. The Morgan fingerprint density at radius 3 is 2.38 bits per heavy atom. The minimum Gasteiger partial charge on any atom is -0.497 e. The van der Waals surface area contributed by atoms with Crippen LogP contribution in [0.4, 0.5) is 5.69 Å². The second kappa shape index (κ2) is 7.97. The molecule has 0 aliphatic heterocycles. The highest BCUT2D eigenvalue weighted by Gasteiger charge is 2.14. The van der Waals surface area contributed by atoms with Crippen LogP contribution in [0.25, 0.3) is 6.08 Å². The number of nitrogens with one attached hydrogen (secondary N) is 1. The SMILES string of the molecule is COC(=O)c1cc(OC)ccc1NC(=O)C=Cc1ccc(C)cc1. The zero-order valence-corrected chi connectivity index (χ0v) is 13.8. The summed E-state index contributed by atoms with van der Waals surface area (Å²) >= 11 is 0. The van der Waals surface area contributed by atoms with Crippen molar-refractivity contribution in [3.63, 3.8) is 0 Å². The average molecular weight is 325 g/mol. The molecule has 0 radical (unpaired) electrons. The fraction of sp³-hybridized carbons (Fsp3) is 0.158. The van der Waals surface area contributed by atoms with Crippen molar-refractivity contribution in [2.75, 3.05) is 19.5 Å². The second-order valence-electron chi connectivity index (χ2n) is 5.14. The fourth-order valence-electron chi connectivity index (χ4n) is 2.06. The summed E-state index contributed by atoms with van der Waals surface area (Å²) in [4.78, 5) is 23.9. The molecule has 24 heavy (non-hydrogen) atoms. The van der Waals surface area contributed by atoms with Gasteiger partial charge in [-0.15, -0.1) is 0 Å². The number of aryl methyl sites for hydroxylation is 1. The lowest BCUT2D eigenvalue weighted by Crippen LogP contribution is -2.13. The fourth-order valence-corrected chi connectivity index (χ4v) is 2.06. The molecule has 2 aromatic rings. The van der Waals surface area contributed by atoms with Crippen molar-refractivity contribution in [2.45, 2.75) is 6.92 Å². The normalized spacial score (nSPS) is 10.5. The van der Waals surface area contributed by atoms with Crippen LogP contribution in [0.2, 0.25) is 0 Å². The van der Waals surface area contributed by atoms with Gasteiger partial charge in [0.1, 0.15) is 5.75 Å². The average Bonchev–Trinajstić information content (AvgIpc) is 2.61. The van der Waals surface area contributed by atoms with Crippen molar-refractivity contribution in [3.05, 3.63) is 65.2 Å². The Bertz CT molecular complexity index is 763. The Hall–Kier alpha value is -3.08. The third-order valence-corrected chi connectivity index (χ3v) is 3.39. The van der Waals surface area contributed by atoms with Crippen molar-refractivity contribution in [1.82, 2.24) is 0 Å². The van der Waals surface area contributed by atoms with E-state index in [1.54, 1.807) is 18.2 Å². The van der Waals surface area contributed by atoms with Crippen LogP contribution in [-0.2, 0) is 9.53 Å². The Morgan fingerprint density at radius 1 is 1.04 bits per heavy atom. The third-order valence-electron chi connectivity index (χ3n) is 3.39. The number of ether oxygens (including phenoxy) is 2. The maximum absolute atomic E-state index is 12.1. The van der Waals surface area contributed by atoms with Crippen molar-refractivity contribution in [1.29, 1.82) is 0 Å². The van der Waals surface area contributed by atoms with Gasteiger partial charge in [0.2, 0.25) is 5.91 Å². The van der Waals surface area contributed by atoms with Crippen molar-refractivity contribution < 1.29 is 19.1 Å². The molecule has 1 amide bonds. The van der Waals surface area contributed by atoms with Crippen LogP contribution in [0, 0.1) is 6.92 Å². The molecular formula is C19H19NO4. The molecular weight excluding hydrogens is 306 g/mol. The summed E-state index contributed by atoms with van der Waals surface area (Å²) in [5.74, 6) is -0.388. The first-order valence-electron chi connectivity index (χ1n) is 7.35. The van der Waals surface area contributed by atoms with E-state index >= 15 is 0 Å². The highest BCUT2D eigenvalue weighted by atomic mass is 16.5. The maximum Gasteiger partial charge on any atom is 0.340 e. The van der Waals surface area contributed by atoms with Crippen LogP contribution in [0.15, 0.2) is 48.5 Å². The van der Waals surface area contributed by atoms with Crippen molar-refractivity contribution in [2.24, 2.45) is 0 Å². The van der Waals surface area contributed by atoms with Gasteiger partial charge < -0.3 is 14.8 Å². The van der Waals surface area contributed by atoms with E-state index in [4.69, 9.17) is 9.47 Å². The lowest BCUT2D eigenvalue weighted by atomic mass is 10.1. The molecule has 1 N–H and O–H groups in total. The molecule has 0 aliphatic carbocycles. The Labute approximate surface area is 140 Å². The zero-order chi connectivity index (χ0) is 17.5. The van der Waals surface area contributed by atoms with Gasteiger partial charge in [-0.1, -0.05) is 29.8 Å². The highest BCUT2D eigenvalue weighted by Crippen LogP contribution is 2.23. The summed E-state index contributed by atoms with van der Waals surface area (Å²) < 4.78 is 9.82. The van der Waals surface area contributed by atoms with Gasteiger partial charge in [-0.25, -0.2) is 4.79 Å². The van der Waals surface area contributed by atoms with E-state index in [0.717, 1.165) is 11.1 Å². The summed E-state index contributed by atoms with van der Waals surface area (Å²) in [5.41, 5.74) is 2.66. The number of benzene rings is 2. The number of esters is 1. The molecule has 2 aromatic carbocycles. The molecule has 124 valence electrons. The van der Waals surface area contributed by atoms with E-state index in [1.165, 1.54) is 26.4 Å². The molecule has 0 fully saturated rings. The molecule has 0 saturated carbocycles. The topological polar surface area (TPSA) is 64.6 Å². The summed E-state index contributed by atoms with van der Waals surface area (Å²) in [6.07, 6.45) is 3.12. The highest BCUT2D eigenvalue weighted by molar-refractivity contribution is 6.06. The van der Waals surface area contributed by atoms with E-state index < -0.39 is 5.97 Å². The standard InChI is InChI=1S/C19H19NO4/c1-13-4-6-14(7-5-13)8-11-18(21)20-17-10-9-15(23-2)12-16(17)19(22)24-3/h4-12H,1-3H3,(H,20,21). The van der Waals surface area contributed by atoms with Crippen LogP contribution in [-0.4, -0.2) is 26.1 Å². The number of hydrogen-bond donors (Lipinski definition) is 1. The van der Waals surface area contributed by atoms with Gasteiger partial charge in [0.15, 0.2) is 0 Å². The number of rotatable bonds is 5. The number of amides is 1. The Balaban J connectivity index is 2.16. The first kappa shape index (κ1) is 17.3. The van der Waals surface area contributed by atoms with Gasteiger partial charge in [-0.2, -0.15) is 0 Å². The van der Waals surface area contributed by atoms with E-state index in [0.29, 0.717) is 11.4 Å². The van der Waals surface area contributed by atoms with E-state index in [1.807, 2.05) is 31.2 Å². The number of carbonyl (C=O) groups is 2. The molecule has 0 bridgehead atoms.